The summed E-state index contributed by atoms with van der Waals surface area (Å²) in [5.74, 6) is 3.12. The van der Waals surface area contributed by atoms with Crippen LogP contribution >= 0.6 is 11.3 Å². The number of hydrogen-bond acceptors (Lipinski definition) is 11. The second-order valence-corrected chi connectivity index (χ2v) is 10.6. The zero-order valence-electron chi connectivity index (χ0n) is 20.5. The number of aliphatic hydroxyl groups is 1. The lowest BCUT2D eigenvalue weighted by Gasteiger charge is -2.29. The molecule has 4 aromatic rings. The van der Waals surface area contributed by atoms with Crippen LogP contribution in [0.15, 0.2) is 47.0 Å². The van der Waals surface area contributed by atoms with E-state index in [-0.39, 0.29) is 12.1 Å². The Morgan fingerprint density at radius 1 is 0.946 bits per heavy atom. The van der Waals surface area contributed by atoms with Crippen molar-refractivity contribution in [3.05, 3.63) is 42.6 Å². The minimum Gasteiger partial charge on any atom is -0.415 e. The van der Waals surface area contributed by atoms with Crippen LogP contribution in [0.4, 0.5) is 22.7 Å². The summed E-state index contributed by atoms with van der Waals surface area (Å²) < 4.78 is 5.89. The molecule has 2 fully saturated rings. The summed E-state index contributed by atoms with van der Waals surface area (Å²) in [4.78, 5) is 17.2. The lowest BCUT2D eigenvalue weighted by atomic mass is 9.93. The molecule has 10 nitrogen and oxygen atoms in total. The monoisotopic (exact) mass is 518 g/mol. The summed E-state index contributed by atoms with van der Waals surface area (Å²) in [6, 6.07) is 12.0. The SMILES string of the molecule is OC1CCC(Nc2nc(Nc3ncc(-c4nnc(-c5ccccc5)o4)s3)cc(N3CCCCC3)n2)CC1. The van der Waals surface area contributed by atoms with Crippen molar-refractivity contribution in [2.45, 2.75) is 57.1 Å². The van der Waals surface area contributed by atoms with Crippen LogP contribution in [0.1, 0.15) is 44.9 Å². The summed E-state index contributed by atoms with van der Waals surface area (Å²) in [7, 11) is 0. The number of anilines is 4. The van der Waals surface area contributed by atoms with Gasteiger partial charge in [0.2, 0.25) is 11.8 Å². The Morgan fingerprint density at radius 3 is 2.54 bits per heavy atom. The van der Waals surface area contributed by atoms with Crippen molar-refractivity contribution in [1.29, 1.82) is 0 Å². The van der Waals surface area contributed by atoms with Gasteiger partial charge in [0.1, 0.15) is 16.5 Å². The molecule has 1 saturated carbocycles. The molecule has 0 bridgehead atoms. The third-order valence-corrected chi connectivity index (χ3v) is 7.72. The number of hydrogen-bond donors (Lipinski definition) is 3. The molecular weight excluding hydrogens is 488 g/mol. The molecule has 0 radical (unpaired) electrons. The van der Waals surface area contributed by atoms with Gasteiger partial charge in [0, 0.05) is 30.8 Å². The number of piperidine rings is 1. The Labute approximate surface area is 219 Å². The summed E-state index contributed by atoms with van der Waals surface area (Å²) >= 11 is 1.43. The third kappa shape index (κ3) is 5.72. The van der Waals surface area contributed by atoms with Crippen LogP contribution < -0.4 is 15.5 Å². The van der Waals surface area contributed by atoms with E-state index in [0.717, 1.165) is 55.0 Å². The van der Waals surface area contributed by atoms with Crippen molar-refractivity contribution >= 4 is 34.1 Å². The molecule has 37 heavy (non-hydrogen) atoms. The average molecular weight is 519 g/mol. The van der Waals surface area contributed by atoms with E-state index in [1.165, 1.54) is 30.6 Å². The molecule has 2 aliphatic rings. The average Bonchev–Trinajstić information content (AvgIpc) is 3.61. The Kier molecular flexibility index (Phi) is 6.96. The highest BCUT2D eigenvalue weighted by Crippen LogP contribution is 2.32. The minimum atomic E-state index is -0.197. The molecule has 3 aromatic heterocycles. The second kappa shape index (κ2) is 10.8. The maximum absolute atomic E-state index is 9.86. The molecule has 1 saturated heterocycles. The molecule has 0 atom stereocenters. The zero-order chi connectivity index (χ0) is 25.0. The van der Waals surface area contributed by atoms with Crippen LogP contribution in [0.2, 0.25) is 0 Å². The quantitative estimate of drug-likeness (QED) is 0.304. The van der Waals surface area contributed by atoms with Gasteiger partial charge < -0.3 is 25.1 Å². The van der Waals surface area contributed by atoms with E-state index in [2.05, 4.69) is 30.7 Å². The largest absolute Gasteiger partial charge is 0.415 e. The van der Waals surface area contributed by atoms with E-state index < -0.39 is 0 Å². The number of rotatable bonds is 7. The molecule has 4 heterocycles. The molecule has 0 unspecified atom stereocenters. The zero-order valence-corrected chi connectivity index (χ0v) is 21.3. The first-order valence-electron chi connectivity index (χ1n) is 12.9. The van der Waals surface area contributed by atoms with E-state index >= 15 is 0 Å². The Balaban J connectivity index is 1.21. The van der Waals surface area contributed by atoms with Crippen LogP contribution in [0.3, 0.4) is 0 Å². The molecule has 1 aliphatic carbocycles. The fourth-order valence-electron chi connectivity index (χ4n) is 4.81. The van der Waals surface area contributed by atoms with Gasteiger partial charge >= 0.3 is 0 Å². The maximum Gasteiger partial charge on any atom is 0.259 e. The molecule has 3 N–H and O–H groups in total. The summed E-state index contributed by atoms with van der Waals surface area (Å²) in [5, 5.41) is 25.8. The van der Waals surface area contributed by atoms with Gasteiger partial charge in [-0.3, -0.25) is 0 Å². The molecule has 0 amide bonds. The molecule has 11 heteroatoms. The van der Waals surface area contributed by atoms with Gasteiger partial charge in [-0.25, -0.2) is 4.98 Å². The van der Waals surface area contributed by atoms with E-state index in [4.69, 9.17) is 14.4 Å². The number of benzene rings is 1. The third-order valence-electron chi connectivity index (χ3n) is 6.82. The number of thiazole rings is 1. The van der Waals surface area contributed by atoms with Gasteiger partial charge in [0.05, 0.1) is 12.3 Å². The van der Waals surface area contributed by atoms with Crippen molar-refractivity contribution in [3.8, 4) is 22.2 Å². The van der Waals surface area contributed by atoms with E-state index in [1.807, 2.05) is 36.4 Å². The Morgan fingerprint density at radius 2 is 1.73 bits per heavy atom. The van der Waals surface area contributed by atoms with Crippen molar-refractivity contribution in [2.75, 3.05) is 28.6 Å². The van der Waals surface area contributed by atoms with Gasteiger partial charge in [-0.2, -0.15) is 9.97 Å². The fourth-order valence-corrected chi connectivity index (χ4v) is 5.56. The lowest BCUT2D eigenvalue weighted by Crippen LogP contribution is -2.32. The summed E-state index contributed by atoms with van der Waals surface area (Å²) in [6.07, 6.45) is 8.55. The van der Waals surface area contributed by atoms with Crippen molar-refractivity contribution in [2.24, 2.45) is 0 Å². The first-order valence-corrected chi connectivity index (χ1v) is 13.7. The normalized spacial score (nSPS) is 20.1. The minimum absolute atomic E-state index is 0.197. The highest BCUT2D eigenvalue weighted by molar-refractivity contribution is 7.18. The topological polar surface area (TPSA) is 125 Å². The molecular formula is C26H30N8O2S. The lowest BCUT2D eigenvalue weighted by molar-refractivity contribution is 0.126. The van der Waals surface area contributed by atoms with E-state index in [0.29, 0.717) is 28.7 Å². The van der Waals surface area contributed by atoms with Gasteiger partial charge in [-0.1, -0.05) is 29.5 Å². The molecule has 6 rings (SSSR count). The van der Waals surface area contributed by atoms with Gasteiger partial charge in [0.15, 0.2) is 5.13 Å². The van der Waals surface area contributed by atoms with Gasteiger partial charge in [-0.15, -0.1) is 10.2 Å². The number of aliphatic hydroxyl groups excluding tert-OH is 1. The maximum atomic E-state index is 9.86. The predicted molar refractivity (Wildman–Crippen MR) is 144 cm³/mol. The number of aromatic nitrogens is 5. The molecule has 192 valence electrons. The highest BCUT2D eigenvalue weighted by atomic mass is 32.1. The van der Waals surface area contributed by atoms with Crippen LogP contribution in [-0.2, 0) is 0 Å². The first kappa shape index (κ1) is 23.8. The first-order chi connectivity index (χ1) is 18.2. The standard InChI is InChI=1S/C26H30N8O2S/c35-19-11-9-18(10-12-19)28-25-29-21(15-22(31-25)34-13-5-2-6-14-34)30-26-27-16-20(37-26)24-33-32-23(36-24)17-7-3-1-4-8-17/h1,3-4,7-8,15-16,18-19,35H,2,5-6,9-14H2,(H2,27,28,29,30,31). The molecule has 1 aliphatic heterocycles. The van der Waals surface area contributed by atoms with Crippen molar-refractivity contribution in [1.82, 2.24) is 25.1 Å². The Bertz CT molecular complexity index is 1310. The van der Waals surface area contributed by atoms with Crippen LogP contribution in [-0.4, -0.2) is 55.5 Å². The summed E-state index contributed by atoms with van der Waals surface area (Å²) in [6.45, 7) is 1.99. The van der Waals surface area contributed by atoms with Crippen LogP contribution in [0.25, 0.3) is 22.2 Å². The van der Waals surface area contributed by atoms with Gasteiger partial charge in [-0.05, 0) is 57.1 Å². The highest BCUT2D eigenvalue weighted by Gasteiger charge is 2.22. The van der Waals surface area contributed by atoms with Crippen molar-refractivity contribution < 1.29 is 9.52 Å². The molecule has 0 spiro atoms. The second-order valence-electron chi connectivity index (χ2n) is 9.57. The number of nitrogens with zero attached hydrogens (tertiary/aromatic N) is 6. The number of nitrogens with one attached hydrogen (secondary N) is 2. The fraction of sp³-hybridized carbons (Fsp3) is 0.423. The van der Waals surface area contributed by atoms with Crippen LogP contribution in [0.5, 0.6) is 0 Å². The van der Waals surface area contributed by atoms with Crippen LogP contribution in [0, 0.1) is 0 Å². The van der Waals surface area contributed by atoms with Gasteiger partial charge in [0.25, 0.3) is 5.89 Å². The smallest absolute Gasteiger partial charge is 0.259 e. The van der Waals surface area contributed by atoms with Crippen molar-refractivity contribution in [3.63, 3.8) is 0 Å². The molecule has 1 aromatic carbocycles. The van der Waals surface area contributed by atoms with E-state index in [9.17, 15) is 5.11 Å². The Hall–Kier alpha value is -3.57. The predicted octanol–water partition coefficient (Wildman–Crippen LogP) is 5.10. The summed E-state index contributed by atoms with van der Waals surface area (Å²) in [5.41, 5.74) is 0.878. The van der Waals surface area contributed by atoms with E-state index in [1.54, 1.807) is 6.20 Å².